The van der Waals surface area contributed by atoms with E-state index in [1.165, 1.54) is 12.8 Å². The molecule has 6 heteroatoms. The average Bonchev–Trinajstić information content (AvgIpc) is 2.95. The van der Waals surface area contributed by atoms with Gasteiger partial charge in [0.1, 0.15) is 0 Å². The fourth-order valence-corrected chi connectivity index (χ4v) is 1.97. The maximum Gasteiger partial charge on any atom is 0.228 e. The van der Waals surface area contributed by atoms with Gasteiger partial charge in [-0.15, -0.1) is 0 Å². The lowest BCUT2D eigenvalue weighted by Crippen LogP contribution is -2.22. The second-order valence-electron chi connectivity index (χ2n) is 3.69. The number of nitrogens with zero attached hydrogens (tertiary/aromatic N) is 3. The van der Waals surface area contributed by atoms with Crippen molar-refractivity contribution in [3.63, 3.8) is 0 Å². The molecule has 1 heterocycles. The molecular formula is C9H12Cl2N4. The van der Waals surface area contributed by atoms with Gasteiger partial charge < -0.3 is 5.32 Å². The highest BCUT2D eigenvalue weighted by atomic mass is 35.5. The van der Waals surface area contributed by atoms with Crippen molar-refractivity contribution in [2.75, 3.05) is 5.32 Å². The topological polar surface area (TPSA) is 50.7 Å². The van der Waals surface area contributed by atoms with E-state index >= 15 is 0 Å². The molecule has 1 aliphatic carbocycles. The molecule has 1 saturated carbocycles. The molecule has 0 aliphatic heterocycles. The monoisotopic (exact) mass is 246 g/mol. The summed E-state index contributed by atoms with van der Waals surface area (Å²) in [5.74, 6) is 1.21. The number of hydrogen-bond acceptors (Lipinski definition) is 4. The first-order valence-corrected chi connectivity index (χ1v) is 5.78. The molecule has 0 aromatic carbocycles. The van der Waals surface area contributed by atoms with Crippen LogP contribution in [0.2, 0.25) is 10.6 Å². The summed E-state index contributed by atoms with van der Waals surface area (Å²) in [6.07, 6.45) is 3.60. The van der Waals surface area contributed by atoms with Gasteiger partial charge in [-0.25, -0.2) is 0 Å². The third-order valence-electron chi connectivity index (χ3n) is 2.53. The van der Waals surface area contributed by atoms with Gasteiger partial charge >= 0.3 is 0 Å². The average molecular weight is 247 g/mol. The second kappa shape index (κ2) is 4.49. The summed E-state index contributed by atoms with van der Waals surface area (Å²) in [6.45, 7) is 2.14. The molecule has 1 atom stereocenters. The van der Waals surface area contributed by atoms with Crippen LogP contribution < -0.4 is 5.32 Å². The van der Waals surface area contributed by atoms with Crippen LogP contribution in [-0.4, -0.2) is 21.0 Å². The maximum absolute atomic E-state index is 5.69. The molecule has 1 aliphatic rings. The third-order valence-corrected chi connectivity index (χ3v) is 2.86. The normalized spacial score (nSPS) is 17.5. The van der Waals surface area contributed by atoms with Crippen molar-refractivity contribution < 1.29 is 0 Å². The van der Waals surface area contributed by atoms with Crippen molar-refractivity contribution in [3.05, 3.63) is 10.6 Å². The largest absolute Gasteiger partial charge is 0.351 e. The van der Waals surface area contributed by atoms with E-state index in [2.05, 4.69) is 27.2 Å². The molecule has 82 valence electrons. The van der Waals surface area contributed by atoms with E-state index in [-0.39, 0.29) is 10.6 Å². The summed E-state index contributed by atoms with van der Waals surface area (Å²) >= 11 is 11.4. The molecule has 0 amide bonds. The first-order chi connectivity index (χ1) is 7.19. The minimum atomic E-state index is 0.128. The highest BCUT2D eigenvalue weighted by molar-refractivity contribution is 6.31. The van der Waals surface area contributed by atoms with Crippen molar-refractivity contribution in [1.82, 2.24) is 15.0 Å². The Kier molecular flexibility index (Phi) is 3.26. The van der Waals surface area contributed by atoms with Crippen molar-refractivity contribution in [1.29, 1.82) is 0 Å². The molecule has 1 N–H and O–H groups in total. The van der Waals surface area contributed by atoms with Crippen LogP contribution in [0.5, 0.6) is 0 Å². The number of aromatic nitrogens is 3. The quantitative estimate of drug-likeness (QED) is 0.888. The van der Waals surface area contributed by atoms with Crippen LogP contribution in [0.25, 0.3) is 0 Å². The number of nitrogens with one attached hydrogen (secondary N) is 1. The van der Waals surface area contributed by atoms with Gasteiger partial charge in [-0.05, 0) is 48.4 Å². The lowest BCUT2D eigenvalue weighted by atomic mass is 10.1. The summed E-state index contributed by atoms with van der Waals surface area (Å²) in [6, 6.07) is 0.416. The fourth-order valence-electron chi connectivity index (χ4n) is 1.61. The second-order valence-corrected chi connectivity index (χ2v) is 4.37. The Morgan fingerprint density at radius 2 is 1.87 bits per heavy atom. The van der Waals surface area contributed by atoms with Crippen molar-refractivity contribution in [2.24, 2.45) is 5.92 Å². The Bertz CT molecular complexity index is 334. The van der Waals surface area contributed by atoms with Crippen LogP contribution in [0.1, 0.15) is 26.2 Å². The van der Waals surface area contributed by atoms with E-state index in [1.54, 1.807) is 0 Å². The van der Waals surface area contributed by atoms with Crippen LogP contribution in [0.3, 0.4) is 0 Å². The first kappa shape index (κ1) is 10.9. The Morgan fingerprint density at radius 3 is 2.33 bits per heavy atom. The lowest BCUT2D eigenvalue weighted by Gasteiger charge is -2.15. The molecule has 1 fully saturated rings. The SMILES string of the molecule is CCC(Nc1nc(Cl)nc(Cl)n1)C1CC1. The van der Waals surface area contributed by atoms with E-state index in [1.807, 2.05) is 0 Å². The summed E-state index contributed by atoms with van der Waals surface area (Å²) < 4.78 is 0. The van der Waals surface area contributed by atoms with Crippen molar-refractivity contribution in [3.8, 4) is 0 Å². The zero-order valence-corrected chi connectivity index (χ0v) is 9.89. The van der Waals surface area contributed by atoms with Gasteiger partial charge in [-0.3, -0.25) is 0 Å². The lowest BCUT2D eigenvalue weighted by molar-refractivity contribution is 0.610. The number of halogens is 2. The standard InChI is InChI=1S/C9H12Cl2N4/c1-2-6(5-3-4-5)12-9-14-7(10)13-8(11)15-9/h5-6H,2-4H2,1H3,(H,12,13,14,15). The number of rotatable bonds is 4. The van der Waals surface area contributed by atoms with Gasteiger partial charge in [0.2, 0.25) is 16.5 Å². The van der Waals surface area contributed by atoms with Crippen LogP contribution in [0.15, 0.2) is 0 Å². The Balaban J connectivity index is 2.08. The molecule has 1 unspecified atom stereocenters. The molecular weight excluding hydrogens is 235 g/mol. The minimum Gasteiger partial charge on any atom is -0.351 e. The molecule has 2 rings (SSSR count). The zero-order chi connectivity index (χ0) is 10.8. The minimum absolute atomic E-state index is 0.128. The molecule has 0 radical (unpaired) electrons. The van der Waals surface area contributed by atoms with Crippen LogP contribution in [-0.2, 0) is 0 Å². The van der Waals surface area contributed by atoms with Crippen LogP contribution in [0.4, 0.5) is 5.95 Å². The maximum atomic E-state index is 5.69. The molecule has 15 heavy (non-hydrogen) atoms. The summed E-state index contributed by atoms with van der Waals surface area (Å²) in [5.41, 5.74) is 0. The van der Waals surface area contributed by atoms with Gasteiger partial charge in [-0.1, -0.05) is 6.92 Å². The van der Waals surface area contributed by atoms with Crippen molar-refractivity contribution in [2.45, 2.75) is 32.2 Å². The summed E-state index contributed by atoms with van der Waals surface area (Å²) in [4.78, 5) is 11.7. The summed E-state index contributed by atoms with van der Waals surface area (Å²) in [5, 5.41) is 3.50. The highest BCUT2D eigenvalue weighted by Gasteiger charge is 2.30. The van der Waals surface area contributed by atoms with Gasteiger partial charge in [0.15, 0.2) is 0 Å². The molecule has 1 aromatic heterocycles. The predicted octanol–water partition coefficient (Wildman–Crippen LogP) is 2.78. The zero-order valence-electron chi connectivity index (χ0n) is 8.37. The number of anilines is 1. The Hall–Kier alpha value is -0.610. The molecule has 1 aromatic rings. The summed E-state index contributed by atoms with van der Waals surface area (Å²) in [7, 11) is 0. The fraction of sp³-hybridized carbons (Fsp3) is 0.667. The van der Waals surface area contributed by atoms with Gasteiger partial charge in [0.05, 0.1) is 0 Å². The highest BCUT2D eigenvalue weighted by Crippen LogP contribution is 2.35. The third kappa shape index (κ3) is 2.92. The van der Waals surface area contributed by atoms with Crippen molar-refractivity contribution >= 4 is 29.2 Å². The van der Waals surface area contributed by atoms with Gasteiger partial charge in [-0.2, -0.15) is 15.0 Å². The first-order valence-electron chi connectivity index (χ1n) is 5.02. The van der Waals surface area contributed by atoms with E-state index < -0.39 is 0 Å². The van der Waals surface area contributed by atoms with E-state index in [9.17, 15) is 0 Å². The van der Waals surface area contributed by atoms with E-state index in [4.69, 9.17) is 23.2 Å². The van der Waals surface area contributed by atoms with Gasteiger partial charge in [0.25, 0.3) is 0 Å². The van der Waals surface area contributed by atoms with Crippen LogP contribution >= 0.6 is 23.2 Å². The molecule has 0 spiro atoms. The predicted molar refractivity (Wildman–Crippen MR) is 60.3 cm³/mol. The molecule has 4 nitrogen and oxygen atoms in total. The van der Waals surface area contributed by atoms with E-state index in [0.717, 1.165) is 12.3 Å². The van der Waals surface area contributed by atoms with Gasteiger partial charge in [0, 0.05) is 6.04 Å². The number of hydrogen-bond donors (Lipinski definition) is 1. The molecule has 0 bridgehead atoms. The van der Waals surface area contributed by atoms with E-state index in [0.29, 0.717) is 12.0 Å². The molecule has 0 saturated heterocycles. The Morgan fingerprint density at radius 1 is 1.27 bits per heavy atom. The van der Waals surface area contributed by atoms with Crippen LogP contribution in [0, 0.1) is 5.92 Å². The smallest absolute Gasteiger partial charge is 0.228 e. The Labute approximate surface area is 98.4 Å².